The van der Waals surface area contributed by atoms with Crippen LogP contribution in [0.3, 0.4) is 0 Å². The Morgan fingerprint density at radius 1 is 0.543 bits per heavy atom. The number of benzene rings is 3. The molecule has 2 aromatic heterocycles. The number of aromatic hydroxyl groups is 1. The molecule has 0 unspecified atom stereocenters. The Labute approximate surface area is 752 Å². The number of rotatable bonds is 58. The third-order valence-electron chi connectivity index (χ3n) is 21.5. The molecule has 1 fully saturated rings. The van der Waals surface area contributed by atoms with Crippen LogP contribution < -0.4 is 97.4 Å². The van der Waals surface area contributed by atoms with Crippen LogP contribution in [0.4, 0.5) is 0 Å². The van der Waals surface area contributed by atoms with Crippen LogP contribution in [-0.2, 0) is 102 Å². The van der Waals surface area contributed by atoms with Gasteiger partial charge < -0.3 is 128 Å². The Morgan fingerprint density at radius 3 is 1.55 bits per heavy atom. The van der Waals surface area contributed by atoms with Crippen molar-refractivity contribution < 1.29 is 92.0 Å². The number of unbranched alkanes of at least 4 members (excludes halogenated alkanes) is 3. The molecule has 0 saturated carbocycles. The van der Waals surface area contributed by atoms with Crippen molar-refractivity contribution in [2.75, 3.05) is 51.3 Å². The summed E-state index contributed by atoms with van der Waals surface area (Å²) in [4.78, 5) is 237. The van der Waals surface area contributed by atoms with Crippen molar-refractivity contribution in [2.45, 2.75) is 235 Å². The fourth-order valence-corrected chi connectivity index (χ4v) is 14.9. The number of likely N-dealkylation sites (tertiary alicyclic amines) is 1. The van der Waals surface area contributed by atoms with Gasteiger partial charge in [0.2, 0.25) is 88.6 Å². The summed E-state index contributed by atoms with van der Waals surface area (Å²) in [7, 11) is 0. The van der Waals surface area contributed by atoms with Crippen LogP contribution in [0.15, 0.2) is 97.6 Å². The molecule has 129 heavy (non-hydrogen) atoms. The second kappa shape index (κ2) is 55.1. The molecule has 42 nitrogen and oxygen atoms in total. The van der Waals surface area contributed by atoms with Gasteiger partial charge in [-0.2, -0.15) is 11.8 Å². The smallest absolute Gasteiger partial charge is 0.303 e. The third-order valence-corrected chi connectivity index (χ3v) is 22.1. The SMILES string of the molecule is CCCC[C@H](NC(=O)[C@H](Cc1ccc(O)cc1)NC(=O)[C@H](CO)NC(=O)[C@H](CCCCN)NC(C)=O)C(=O)N[C@@H](CCSC)C(=O)N[C@@H](CCC(=O)O)C(=O)N[C@@H](Cc1cnc[nH]1)C(=O)N[C@@H](Cc1ccccc1)C(=O)N[C@@H](CCCNC(=N)N)C(=O)N[C@@H](Cc1c[nH]c2ccccc12)C(=O)NCC(=O)N[C@@H](CCCCN)C(=O)N1CCC[C@H]1C(=O)N[C@@H](C(N)=O)C(C)C. The van der Waals surface area contributed by atoms with Crippen molar-refractivity contribution in [2.24, 2.45) is 28.9 Å². The van der Waals surface area contributed by atoms with Gasteiger partial charge in [0.25, 0.3) is 0 Å². The first kappa shape index (κ1) is 105. The number of imidazole rings is 1. The third kappa shape index (κ3) is 35.8. The van der Waals surface area contributed by atoms with Gasteiger partial charge >= 0.3 is 5.97 Å². The van der Waals surface area contributed by atoms with Crippen molar-refractivity contribution in [1.29, 1.82) is 5.41 Å². The quantitative estimate of drug-likeness (QED) is 0.0107. The van der Waals surface area contributed by atoms with Crippen LogP contribution in [0.25, 0.3) is 10.9 Å². The largest absolute Gasteiger partial charge is 0.508 e. The van der Waals surface area contributed by atoms with Crippen molar-refractivity contribution >= 4 is 123 Å². The summed E-state index contributed by atoms with van der Waals surface area (Å²) in [5, 5.41) is 75.9. The number of para-hydroxylation sites is 1. The molecule has 1 aliphatic rings. The van der Waals surface area contributed by atoms with Gasteiger partial charge in [-0.1, -0.05) is 94.3 Å². The average molecular weight is 1820 g/mol. The average Bonchev–Trinajstić information content (AvgIpc) is 1.67. The molecule has 6 rings (SSSR count). The van der Waals surface area contributed by atoms with Crippen molar-refractivity contribution in [3.63, 3.8) is 0 Å². The number of H-pyrrole nitrogens is 2. The highest BCUT2D eigenvalue weighted by molar-refractivity contribution is 7.98. The van der Waals surface area contributed by atoms with Crippen LogP contribution in [0.1, 0.15) is 153 Å². The molecular formula is C86H127N23O19S. The van der Waals surface area contributed by atoms with Gasteiger partial charge in [-0.25, -0.2) is 4.98 Å². The minimum absolute atomic E-state index is 0.00471. The summed E-state index contributed by atoms with van der Waals surface area (Å²) in [6.07, 6.45) is 6.67. The van der Waals surface area contributed by atoms with Gasteiger partial charge in [0.1, 0.15) is 84.3 Å². The van der Waals surface area contributed by atoms with Gasteiger partial charge in [0, 0.05) is 81.1 Å². The zero-order valence-corrected chi connectivity index (χ0v) is 74.2. The zero-order valence-electron chi connectivity index (χ0n) is 73.4. The molecule has 15 amide bonds. The topological polar surface area (TPSA) is 678 Å². The van der Waals surface area contributed by atoms with E-state index in [0.29, 0.717) is 79.1 Å². The summed E-state index contributed by atoms with van der Waals surface area (Å²) < 4.78 is 0. The van der Waals surface area contributed by atoms with Gasteiger partial charge in [0.15, 0.2) is 5.96 Å². The minimum Gasteiger partial charge on any atom is -0.508 e. The number of carbonyl (C=O) groups excluding carboxylic acids is 15. The Hall–Kier alpha value is -12.8. The van der Waals surface area contributed by atoms with Gasteiger partial charge in [0.05, 0.1) is 19.5 Å². The lowest BCUT2D eigenvalue weighted by Crippen LogP contribution is -2.61. The van der Waals surface area contributed by atoms with Gasteiger partial charge in [-0.05, 0) is 149 Å². The first-order chi connectivity index (χ1) is 61.7. The number of phenolic OH excluding ortho intramolecular Hbond substituents is 1. The molecular weight excluding hydrogens is 1690 g/mol. The highest BCUT2D eigenvalue weighted by Gasteiger charge is 2.41. The highest BCUT2D eigenvalue weighted by atomic mass is 32.2. The normalized spacial score (nSPS) is 15.1. The van der Waals surface area contributed by atoms with E-state index < -0.39 is 205 Å². The van der Waals surface area contributed by atoms with E-state index >= 15 is 14.4 Å². The lowest BCUT2D eigenvalue weighted by molar-refractivity contribution is -0.142. The maximum absolute atomic E-state index is 15.3. The monoisotopic (exact) mass is 1820 g/mol. The van der Waals surface area contributed by atoms with Crippen molar-refractivity contribution in [3.05, 3.63) is 120 Å². The predicted molar refractivity (Wildman–Crippen MR) is 478 cm³/mol. The Balaban J connectivity index is 1.26. The van der Waals surface area contributed by atoms with E-state index in [1.807, 2.05) is 0 Å². The molecule has 13 atom stereocenters. The van der Waals surface area contributed by atoms with Crippen molar-refractivity contribution in [1.82, 2.24) is 94.3 Å². The number of aliphatic hydroxyl groups excluding tert-OH is 1. The fraction of sp³-hybridized carbons (Fsp3) is 0.535. The summed E-state index contributed by atoms with van der Waals surface area (Å²) in [6, 6.07) is 2.38. The predicted octanol–water partition coefficient (Wildman–Crippen LogP) is -2.73. The van der Waals surface area contributed by atoms with E-state index in [0.717, 1.165) is 0 Å². The maximum atomic E-state index is 15.3. The van der Waals surface area contributed by atoms with E-state index in [4.69, 9.17) is 28.3 Å². The number of carboxylic acid groups (broad SMARTS) is 1. The van der Waals surface area contributed by atoms with E-state index in [9.17, 15) is 77.6 Å². The number of hydrogen-bond donors (Lipinski definition) is 24. The maximum Gasteiger partial charge on any atom is 0.303 e. The molecule has 0 radical (unpaired) electrons. The first-order valence-electron chi connectivity index (χ1n) is 43.3. The standard InChI is InChI=1S/C86H127N23O19S/c1-6-7-22-59(99-81(124)65(41-52-28-30-55(112)31-29-52)104-83(126)68(47-110)107-75(118)58(97-50(4)111)24-13-15-35-87)76(119)102-62(34-39-129-5)79(122)101-61(32-33-71(114)115)78(121)106-67(43-54-45-92-48-96-54)82(125)103-64(40-51-19-9-8-10-20-51)80(123)100-60(26-17-37-93-86(90)91)77(120)105-66(42-53-44-94-57-23-12-11-21-56(53)57)74(117)95-46-70(113)98-63(25-14-16-36-88)85(128)109-38-18-27-69(109)84(127)108-72(49(2)3)73(89)116/h8-12,19-21,23,28-31,44-45,48-49,58-69,72,94,110,112H,6-7,13-18,22,24-27,32-43,46-47,87-88H2,1-5H3,(H2,89,116)(H,92,96)(H,95,117)(H,97,111)(H,98,113)(H,99,124)(H,100,123)(H,101,122)(H,102,119)(H,103,125)(H,104,126)(H,105,120)(H,106,121)(H,107,118)(H,108,127)(H,114,115)(H4,90,91,93)/t58-,59-,60-,61-,62-,63-,64-,65-,66-,67-,68-,69-,72+/m0/s1. The number of fused-ring (bicyclic) bond motifs is 1. The van der Waals surface area contributed by atoms with E-state index in [1.165, 1.54) is 60.4 Å². The van der Waals surface area contributed by atoms with E-state index in [1.54, 1.807) is 87.8 Å². The molecule has 43 heteroatoms. The Bertz CT molecular complexity index is 4560. The molecule has 706 valence electrons. The van der Waals surface area contributed by atoms with Crippen LogP contribution >= 0.6 is 11.8 Å². The first-order valence-corrected chi connectivity index (χ1v) is 44.7. The molecule has 3 aromatic carbocycles. The Morgan fingerprint density at radius 2 is 1.03 bits per heavy atom. The lowest BCUT2D eigenvalue weighted by Gasteiger charge is -2.30. The number of nitrogens with two attached hydrogens (primary N) is 4. The molecule has 0 spiro atoms. The molecule has 0 bridgehead atoms. The number of carboxylic acids is 1. The number of amides is 15. The van der Waals surface area contributed by atoms with Crippen LogP contribution in [0, 0.1) is 11.3 Å². The summed E-state index contributed by atoms with van der Waals surface area (Å²) in [6.45, 7) is 5.43. The molecule has 3 heterocycles. The second-order valence-corrected chi connectivity index (χ2v) is 32.9. The number of thioether (sulfide) groups is 1. The van der Waals surface area contributed by atoms with Crippen LogP contribution in [-0.4, -0.2) is 266 Å². The minimum atomic E-state index is -1.77. The number of hydrogen-bond acceptors (Lipinski definition) is 23. The molecule has 1 aliphatic heterocycles. The lowest BCUT2D eigenvalue weighted by atomic mass is 10.0. The summed E-state index contributed by atoms with van der Waals surface area (Å²) >= 11 is 1.27. The van der Waals surface area contributed by atoms with Gasteiger partial charge in [-0.3, -0.25) is 82.1 Å². The number of phenols is 1. The van der Waals surface area contributed by atoms with Crippen molar-refractivity contribution in [3.8, 4) is 5.75 Å². The molecule has 5 aromatic rings. The zero-order chi connectivity index (χ0) is 94.7. The fourth-order valence-electron chi connectivity index (χ4n) is 14.5. The Kier molecular flexibility index (Phi) is 44.8. The number of carbonyl (C=O) groups is 16. The number of primary amides is 1. The molecule has 0 aliphatic carbocycles. The summed E-state index contributed by atoms with van der Waals surface area (Å²) in [5.41, 5.74) is 25.0. The van der Waals surface area contributed by atoms with Gasteiger partial charge in [-0.15, -0.1) is 0 Å². The number of guanidine groups is 1. The number of aromatic amines is 2. The summed E-state index contributed by atoms with van der Waals surface area (Å²) in [5.74, 6) is -15.1. The number of aliphatic carboxylic acids is 1. The van der Waals surface area contributed by atoms with Crippen LogP contribution in [0.2, 0.25) is 0 Å². The molecule has 28 N–H and O–H groups in total. The number of nitrogens with zero attached hydrogens (tertiary/aromatic N) is 2. The molecule has 1 saturated heterocycles. The highest BCUT2D eigenvalue weighted by Crippen LogP contribution is 2.24. The van der Waals surface area contributed by atoms with Crippen LogP contribution in [0.5, 0.6) is 5.75 Å². The second-order valence-electron chi connectivity index (χ2n) is 32.0. The van der Waals surface area contributed by atoms with E-state index in [2.05, 4.69) is 89.4 Å². The number of aromatic nitrogens is 3. The number of aliphatic hydroxyl groups is 1. The number of nitrogens with one attached hydrogen (secondary N) is 17. The van der Waals surface area contributed by atoms with E-state index in [-0.39, 0.29) is 113 Å².